The fourth-order valence-corrected chi connectivity index (χ4v) is 4.22. The molecule has 2 fully saturated rings. The van der Waals surface area contributed by atoms with Gasteiger partial charge in [0, 0.05) is 12.1 Å². The Bertz CT molecular complexity index is 823. The van der Waals surface area contributed by atoms with E-state index in [1.165, 1.54) is 11.8 Å². The molecule has 6 heteroatoms. The SMILES string of the molecule is O=C(CSc1nc2ccccc2c(=O)n1C1CCCC1)NC1CC1. The Labute approximate surface area is 144 Å². The number of para-hydroxylation sites is 1. The second-order valence-corrected chi connectivity index (χ2v) is 7.60. The molecule has 126 valence electrons. The van der Waals surface area contributed by atoms with Crippen molar-refractivity contribution in [1.82, 2.24) is 14.9 Å². The number of carbonyl (C=O) groups excluding carboxylic acids is 1. The molecule has 1 N–H and O–H groups in total. The Morgan fingerprint density at radius 3 is 2.71 bits per heavy atom. The molecule has 5 nitrogen and oxygen atoms in total. The highest BCUT2D eigenvalue weighted by Gasteiger charge is 2.25. The summed E-state index contributed by atoms with van der Waals surface area (Å²) in [6.45, 7) is 0. The molecule has 0 radical (unpaired) electrons. The van der Waals surface area contributed by atoms with E-state index in [1.54, 1.807) is 0 Å². The number of fused-ring (bicyclic) bond motifs is 1. The lowest BCUT2D eigenvalue weighted by molar-refractivity contribution is -0.118. The fourth-order valence-electron chi connectivity index (χ4n) is 3.34. The summed E-state index contributed by atoms with van der Waals surface area (Å²) in [5.74, 6) is 0.344. The van der Waals surface area contributed by atoms with E-state index in [9.17, 15) is 9.59 Å². The monoisotopic (exact) mass is 343 g/mol. The average Bonchev–Trinajstić information content (AvgIpc) is 3.23. The molecule has 4 rings (SSSR count). The first kappa shape index (κ1) is 15.7. The summed E-state index contributed by atoms with van der Waals surface area (Å²) in [6, 6.07) is 8.04. The van der Waals surface area contributed by atoms with Crippen molar-refractivity contribution in [2.45, 2.75) is 55.8 Å². The van der Waals surface area contributed by atoms with E-state index in [2.05, 4.69) is 5.32 Å². The molecule has 2 aliphatic carbocycles. The third-order valence-electron chi connectivity index (χ3n) is 4.74. The van der Waals surface area contributed by atoms with Crippen LogP contribution in [0, 0.1) is 0 Å². The number of nitrogens with one attached hydrogen (secondary N) is 1. The van der Waals surface area contributed by atoms with E-state index in [0.29, 0.717) is 27.9 Å². The molecule has 0 atom stereocenters. The minimum Gasteiger partial charge on any atom is -0.353 e. The highest BCUT2D eigenvalue weighted by molar-refractivity contribution is 7.99. The van der Waals surface area contributed by atoms with Crippen molar-refractivity contribution in [3.63, 3.8) is 0 Å². The van der Waals surface area contributed by atoms with Crippen molar-refractivity contribution >= 4 is 28.6 Å². The predicted molar refractivity (Wildman–Crippen MR) is 95.4 cm³/mol. The number of thioether (sulfide) groups is 1. The molecule has 1 aromatic heterocycles. The molecule has 0 aliphatic heterocycles. The normalized spacial score (nSPS) is 18.2. The highest BCUT2D eigenvalue weighted by atomic mass is 32.2. The summed E-state index contributed by atoms with van der Waals surface area (Å²) in [7, 11) is 0. The molecule has 0 saturated heterocycles. The maximum absolute atomic E-state index is 13.0. The zero-order chi connectivity index (χ0) is 16.5. The second-order valence-electron chi connectivity index (χ2n) is 6.66. The Morgan fingerprint density at radius 1 is 1.21 bits per heavy atom. The first-order valence-electron chi connectivity index (χ1n) is 8.66. The summed E-state index contributed by atoms with van der Waals surface area (Å²) < 4.78 is 1.84. The van der Waals surface area contributed by atoms with Crippen LogP contribution in [0.15, 0.2) is 34.2 Å². The Morgan fingerprint density at radius 2 is 1.96 bits per heavy atom. The molecule has 2 aliphatic rings. The third-order valence-corrected chi connectivity index (χ3v) is 5.69. The van der Waals surface area contributed by atoms with Gasteiger partial charge in [0.05, 0.1) is 16.7 Å². The van der Waals surface area contributed by atoms with Crippen LogP contribution in [-0.4, -0.2) is 27.3 Å². The molecule has 0 unspecified atom stereocenters. The van der Waals surface area contributed by atoms with Crippen LogP contribution >= 0.6 is 11.8 Å². The number of nitrogens with zero attached hydrogens (tertiary/aromatic N) is 2. The number of benzene rings is 1. The summed E-state index contributed by atoms with van der Waals surface area (Å²) in [5.41, 5.74) is 0.736. The molecule has 2 aromatic rings. The van der Waals surface area contributed by atoms with E-state index >= 15 is 0 Å². The minimum atomic E-state index is 0.0256. The Hall–Kier alpha value is -1.82. The molecule has 2 saturated carbocycles. The molecule has 1 aromatic carbocycles. The van der Waals surface area contributed by atoms with E-state index in [4.69, 9.17) is 4.98 Å². The number of carbonyl (C=O) groups is 1. The number of amides is 1. The van der Waals surface area contributed by atoms with Crippen molar-refractivity contribution < 1.29 is 4.79 Å². The average molecular weight is 343 g/mol. The van der Waals surface area contributed by atoms with E-state index in [-0.39, 0.29) is 17.5 Å². The first-order valence-corrected chi connectivity index (χ1v) is 9.64. The zero-order valence-electron chi connectivity index (χ0n) is 13.5. The number of rotatable bonds is 5. The van der Waals surface area contributed by atoms with Crippen molar-refractivity contribution in [3.05, 3.63) is 34.6 Å². The molecule has 0 bridgehead atoms. The molecule has 1 amide bonds. The standard InChI is InChI=1S/C18H21N3O2S/c22-16(19-12-9-10-12)11-24-18-20-15-8-4-3-7-14(15)17(23)21(18)13-5-1-2-6-13/h3-4,7-8,12-13H,1-2,5-6,9-11H2,(H,19,22). The summed E-state index contributed by atoms with van der Waals surface area (Å²) in [4.78, 5) is 29.7. The van der Waals surface area contributed by atoms with Crippen LogP contribution in [-0.2, 0) is 4.79 Å². The minimum absolute atomic E-state index is 0.0256. The molecular formula is C18H21N3O2S. The molecule has 24 heavy (non-hydrogen) atoms. The van der Waals surface area contributed by atoms with Crippen LogP contribution < -0.4 is 10.9 Å². The van der Waals surface area contributed by atoms with Gasteiger partial charge >= 0.3 is 0 Å². The van der Waals surface area contributed by atoms with Crippen LogP contribution in [0.5, 0.6) is 0 Å². The smallest absolute Gasteiger partial charge is 0.262 e. The van der Waals surface area contributed by atoms with Crippen molar-refractivity contribution in [1.29, 1.82) is 0 Å². The molecule has 0 spiro atoms. The number of aromatic nitrogens is 2. The van der Waals surface area contributed by atoms with Gasteiger partial charge < -0.3 is 5.32 Å². The van der Waals surface area contributed by atoms with Gasteiger partial charge in [-0.15, -0.1) is 0 Å². The van der Waals surface area contributed by atoms with Gasteiger partial charge in [-0.3, -0.25) is 14.2 Å². The van der Waals surface area contributed by atoms with Crippen molar-refractivity contribution in [2.24, 2.45) is 0 Å². The van der Waals surface area contributed by atoms with Gasteiger partial charge in [-0.05, 0) is 37.8 Å². The number of hydrogen-bond acceptors (Lipinski definition) is 4. The summed E-state index contributed by atoms with van der Waals surface area (Å²) >= 11 is 1.38. The van der Waals surface area contributed by atoms with Gasteiger partial charge in [-0.25, -0.2) is 4.98 Å². The zero-order valence-corrected chi connectivity index (χ0v) is 14.3. The second kappa shape index (κ2) is 6.59. The fraction of sp³-hybridized carbons (Fsp3) is 0.500. The lowest BCUT2D eigenvalue weighted by Crippen LogP contribution is -2.29. The van der Waals surface area contributed by atoms with Crippen LogP contribution in [0.2, 0.25) is 0 Å². The van der Waals surface area contributed by atoms with Gasteiger partial charge in [0.1, 0.15) is 0 Å². The lowest BCUT2D eigenvalue weighted by Gasteiger charge is -2.18. The largest absolute Gasteiger partial charge is 0.353 e. The van der Waals surface area contributed by atoms with E-state index in [1.807, 2.05) is 28.8 Å². The van der Waals surface area contributed by atoms with E-state index in [0.717, 1.165) is 38.5 Å². The molecular weight excluding hydrogens is 322 g/mol. The maximum Gasteiger partial charge on any atom is 0.262 e. The van der Waals surface area contributed by atoms with Gasteiger partial charge in [-0.2, -0.15) is 0 Å². The Balaban J connectivity index is 1.67. The topological polar surface area (TPSA) is 64.0 Å². The molecule has 1 heterocycles. The summed E-state index contributed by atoms with van der Waals surface area (Å²) in [6.07, 6.45) is 6.49. The van der Waals surface area contributed by atoms with Crippen molar-refractivity contribution in [3.8, 4) is 0 Å². The highest BCUT2D eigenvalue weighted by Crippen LogP contribution is 2.32. The Kier molecular flexibility index (Phi) is 4.31. The van der Waals surface area contributed by atoms with E-state index < -0.39 is 0 Å². The third kappa shape index (κ3) is 3.20. The predicted octanol–water partition coefficient (Wildman–Crippen LogP) is 2.88. The van der Waals surface area contributed by atoms with Gasteiger partial charge in [0.2, 0.25) is 5.91 Å². The quantitative estimate of drug-likeness (QED) is 0.670. The van der Waals surface area contributed by atoms with Gasteiger partial charge in [0.15, 0.2) is 5.16 Å². The van der Waals surface area contributed by atoms with Crippen LogP contribution in [0.25, 0.3) is 10.9 Å². The lowest BCUT2D eigenvalue weighted by atomic mass is 10.2. The van der Waals surface area contributed by atoms with Gasteiger partial charge in [-0.1, -0.05) is 36.7 Å². The first-order chi connectivity index (χ1) is 11.7. The van der Waals surface area contributed by atoms with Crippen LogP contribution in [0.3, 0.4) is 0 Å². The van der Waals surface area contributed by atoms with Crippen LogP contribution in [0.1, 0.15) is 44.6 Å². The van der Waals surface area contributed by atoms with Gasteiger partial charge in [0.25, 0.3) is 5.56 Å². The summed E-state index contributed by atoms with van der Waals surface area (Å²) in [5, 5.41) is 4.33. The van der Waals surface area contributed by atoms with Crippen molar-refractivity contribution in [2.75, 3.05) is 5.75 Å². The van der Waals surface area contributed by atoms with Crippen LogP contribution in [0.4, 0.5) is 0 Å². The number of hydrogen-bond donors (Lipinski definition) is 1. The maximum atomic E-state index is 13.0.